The Morgan fingerprint density at radius 2 is 2.18 bits per heavy atom. The standard InChI is InChI=1S/C12H8BrN3O/c1-8-2-3-10(13)6-11(8)17-12-9(7-14)4-5-15-16-12/h2-6H,1H3. The Hall–Kier alpha value is -1.93. The van der Waals surface area contributed by atoms with Crippen LogP contribution in [-0.4, -0.2) is 10.2 Å². The van der Waals surface area contributed by atoms with E-state index in [1.54, 1.807) is 6.07 Å². The Labute approximate surface area is 107 Å². The lowest BCUT2D eigenvalue weighted by Crippen LogP contribution is -1.95. The summed E-state index contributed by atoms with van der Waals surface area (Å²) < 4.78 is 6.49. The number of hydrogen-bond acceptors (Lipinski definition) is 4. The number of aromatic nitrogens is 2. The number of aryl methyl sites for hydroxylation is 1. The fourth-order valence-electron chi connectivity index (χ4n) is 1.27. The van der Waals surface area contributed by atoms with Gasteiger partial charge in [-0.05, 0) is 30.7 Å². The fourth-order valence-corrected chi connectivity index (χ4v) is 1.61. The van der Waals surface area contributed by atoms with Gasteiger partial charge in [-0.3, -0.25) is 0 Å². The molecule has 1 aromatic carbocycles. The van der Waals surface area contributed by atoms with E-state index < -0.39 is 0 Å². The average molecular weight is 290 g/mol. The summed E-state index contributed by atoms with van der Waals surface area (Å²) in [5, 5.41) is 16.4. The molecule has 5 heteroatoms. The Morgan fingerprint density at radius 1 is 1.35 bits per heavy atom. The molecule has 17 heavy (non-hydrogen) atoms. The SMILES string of the molecule is Cc1ccc(Br)cc1Oc1nnccc1C#N. The molecule has 0 saturated carbocycles. The maximum atomic E-state index is 8.91. The lowest BCUT2D eigenvalue weighted by molar-refractivity contribution is 0.450. The van der Waals surface area contributed by atoms with Gasteiger partial charge in [-0.15, -0.1) is 5.10 Å². The Kier molecular flexibility index (Phi) is 3.35. The van der Waals surface area contributed by atoms with Gasteiger partial charge in [-0.25, -0.2) is 0 Å². The first-order valence-electron chi connectivity index (χ1n) is 4.86. The van der Waals surface area contributed by atoms with Gasteiger partial charge in [0, 0.05) is 4.47 Å². The molecule has 0 aliphatic rings. The Balaban J connectivity index is 2.38. The molecule has 1 aromatic heterocycles. The molecular formula is C12H8BrN3O. The number of nitriles is 1. The smallest absolute Gasteiger partial charge is 0.256 e. The minimum atomic E-state index is 0.219. The molecule has 2 aromatic rings. The van der Waals surface area contributed by atoms with Crippen molar-refractivity contribution in [3.05, 3.63) is 46.1 Å². The lowest BCUT2D eigenvalue weighted by atomic mass is 10.2. The van der Waals surface area contributed by atoms with Gasteiger partial charge in [0.05, 0.1) is 6.20 Å². The molecule has 0 spiro atoms. The third-order valence-electron chi connectivity index (χ3n) is 2.16. The number of hydrogen-bond donors (Lipinski definition) is 0. The van der Waals surface area contributed by atoms with Crippen molar-refractivity contribution in [2.75, 3.05) is 0 Å². The first kappa shape index (κ1) is 11.6. The molecule has 0 saturated heterocycles. The first-order valence-corrected chi connectivity index (χ1v) is 5.66. The highest BCUT2D eigenvalue weighted by molar-refractivity contribution is 9.10. The van der Waals surface area contributed by atoms with E-state index >= 15 is 0 Å². The number of ether oxygens (including phenoxy) is 1. The van der Waals surface area contributed by atoms with Crippen LogP contribution in [0, 0.1) is 18.3 Å². The van der Waals surface area contributed by atoms with Crippen LogP contribution in [-0.2, 0) is 0 Å². The Bertz CT molecular complexity index is 593. The summed E-state index contributed by atoms with van der Waals surface area (Å²) in [6.07, 6.45) is 1.46. The molecule has 2 rings (SSSR count). The van der Waals surface area contributed by atoms with Crippen molar-refractivity contribution >= 4 is 15.9 Å². The molecule has 0 fully saturated rings. The molecule has 0 aliphatic heterocycles. The third-order valence-corrected chi connectivity index (χ3v) is 2.66. The van der Waals surface area contributed by atoms with E-state index in [-0.39, 0.29) is 5.88 Å². The molecule has 1 heterocycles. The van der Waals surface area contributed by atoms with Gasteiger partial charge in [-0.2, -0.15) is 10.4 Å². The van der Waals surface area contributed by atoms with Crippen molar-refractivity contribution in [2.24, 2.45) is 0 Å². The topological polar surface area (TPSA) is 58.8 Å². The van der Waals surface area contributed by atoms with Gasteiger partial charge in [0.15, 0.2) is 0 Å². The number of benzene rings is 1. The van der Waals surface area contributed by atoms with E-state index in [4.69, 9.17) is 10.00 Å². The van der Waals surface area contributed by atoms with Crippen molar-refractivity contribution in [1.29, 1.82) is 5.26 Å². The van der Waals surface area contributed by atoms with Crippen LogP contribution in [0.2, 0.25) is 0 Å². The van der Waals surface area contributed by atoms with E-state index in [1.165, 1.54) is 6.20 Å². The van der Waals surface area contributed by atoms with Gasteiger partial charge in [0.25, 0.3) is 5.88 Å². The predicted octanol–water partition coefficient (Wildman–Crippen LogP) is 3.21. The zero-order chi connectivity index (χ0) is 12.3. The monoisotopic (exact) mass is 289 g/mol. The highest BCUT2D eigenvalue weighted by Gasteiger charge is 2.08. The summed E-state index contributed by atoms with van der Waals surface area (Å²) in [5.74, 6) is 0.868. The van der Waals surface area contributed by atoms with Crippen molar-refractivity contribution in [3.8, 4) is 17.7 Å². The van der Waals surface area contributed by atoms with Crippen LogP contribution >= 0.6 is 15.9 Å². The maximum absolute atomic E-state index is 8.91. The van der Waals surface area contributed by atoms with Gasteiger partial charge < -0.3 is 4.74 Å². The van der Waals surface area contributed by atoms with E-state index in [1.807, 2.05) is 31.2 Å². The van der Waals surface area contributed by atoms with Crippen LogP contribution in [0.15, 0.2) is 34.9 Å². The lowest BCUT2D eigenvalue weighted by Gasteiger charge is -2.08. The number of nitrogens with zero attached hydrogens (tertiary/aromatic N) is 3. The first-order chi connectivity index (χ1) is 8.20. The molecule has 0 bridgehead atoms. The van der Waals surface area contributed by atoms with Crippen LogP contribution in [0.1, 0.15) is 11.1 Å². The van der Waals surface area contributed by atoms with E-state index in [0.717, 1.165) is 10.0 Å². The van der Waals surface area contributed by atoms with E-state index in [2.05, 4.69) is 26.1 Å². The van der Waals surface area contributed by atoms with Crippen molar-refractivity contribution in [1.82, 2.24) is 10.2 Å². The second kappa shape index (κ2) is 4.93. The van der Waals surface area contributed by atoms with E-state index in [0.29, 0.717) is 11.3 Å². The molecule has 4 nitrogen and oxygen atoms in total. The molecule has 0 aliphatic carbocycles. The van der Waals surface area contributed by atoms with Gasteiger partial charge in [-0.1, -0.05) is 22.0 Å². The highest BCUT2D eigenvalue weighted by Crippen LogP contribution is 2.28. The minimum absolute atomic E-state index is 0.219. The molecule has 0 atom stereocenters. The number of halogens is 1. The average Bonchev–Trinajstić information content (AvgIpc) is 2.34. The van der Waals surface area contributed by atoms with Crippen molar-refractivity contribution < 1.29 is 4.74 Å². The van der Waals surface area contributed by atoms with Gasteiger partial charge >= 0.3 is 0 Å². The zero-order valence-corrected chi connectivity index (χ0v) is 10.6. The fraction of sp³-hybridized carbons (Fsp3) is 0.0833. The summed E-state index contributed by atoms with van der Waals surface area (Å²) in [5.41, 5.74) is 1.32. The van der Waals surface area contributed by atoms with Crippen LogP contribution < -0.4 is 4.74 Å². The molecule has 0 amide bonds. The summed E-state index contributed by atoms with van der Waals surface area (Å²) in [6.45, 7) is 1.92. The summed E-state index contributed by atoms with van der Waals surface area (Å²) >= 11 is 3.36. The largest absolute Gasteiger partial charge is 0.436 e. The molecular weight excluding hydrogens is 282 g/mol. The maximum Gasteiger partial charge on any atom is 0.256 e. The van der Waals surface area contributed by atoms with Crippen molar-refractivity contribution in [3.63, 3.8) is 0 Å². The third kappa shape index (κ3) is 2.60. The van der Waals surface area contributed by atoms with E-state index in [9.17, 15) is 0 Å². The second-order valence-electron chi connectivity index (χ2n) is 3.37. The normalized spacial score (nSPS) is 9.71. The van der Waals surface area contributed by atoms with Gasteiger partial charge in [0.2, 0.25) is 0 Å². The van der Waals surface area contributed by atoms with Crippen LogP contribution in [0.3, 0.4) is 0 Å². The zero-order valence-electron chi connectivity index (χ0n) is 9.01. The molecule has 0 N–H and O–H groups in total. The van der Waals surface area contributed by atoms with Crippen LogP contribution in [0.4, 0.5) is 0 Å². The quantitative estimate of drug-likeness (QED) is 0.852. The second-order valence-corrected chi connectivity index (χ2v) is 4.29. The van der Waals surface area contributed by atoms with Crippen LogP contribution in [0.5, 0.6) is 11.6 Å². The summed E-state index contributed by atoms with van der Waals surface area (Å²) in [4.78, 5) is 0. The molecule has 0 unspecified atom stereocenters. The predicted molar refractivity (Wildman–Crippen MR) is 65.7 cm³/mol. The van der Waals surface area contributed by atoms with Crippen molar-refractivity contribution in [2.45, 2.75) is 6.92 Å². The van der Waals surface area contributed by atoms with Crippen LogP contribution in [0.25, 0.3) is 0 Å². The summed E-state index contributed by atoms with van der Waals surface area (Å²) in [7, 11) is 0. The minimum Gasteiger partial charge on any atom is -0.436 e. The highest BCUT2D eigenvalue weighted by atomic mass is 79.9. The molecule has 0 radical (unpaired) electrons. The molecule has 84 valence electrons. The Morgan fingerprint density at radius 3 is 2.94 bits per heavy atom. The van der Waals surface area contributed by atoms with Gasteiger partial charge in [0.1, 0.15) is 17.4 Å². The number of rotatable bonds is 2. The summed E-state index contributed by atoms with van der Waals surface area (Å²) in [6, 6.07) is 9.24.